The highest BCUT2D eigenvalue weighted by molar-refractivity contribution is 7.26. The molecule has 0 aliphatic heterocycles. The van der Waals surface area contributed by atoms with Crippen LogP contribution < -0.4 is 4.90 Å². The predicted molar refractivity (Wildman–Crippen MR) is 184 cm³/mol. The molecule has 0 bridgehead atoms. The molecule has 0 N–H and O–H groups in total. The molecule has 9 rings (SSSR count). The van der Waals surface area contributed by atoms with Crippen molar-refractivity contribution in [3.05, 3.63) is 152 Å². The van der Waals surface area contributed by atoms with Gasteiger partial charge in [-0.15, -0.1) is 11.3 Å². The van der Waals surface area contributed by atoms with Gasteiger partial charge in [0, 0.05) is 26.5 Å². The van der Waals surface area contributed by atoms with Gasteiger partial charge in [-0.05, 0) is 70.4 Å². The monoisotopic (exact) mass is 567 g/mol. The third-order valence-electron chi connectivity index (χ3n) is 8.44. The fraction of sp³-hybridized carbons (Fsp3) is 0. The molecule has 0 atom stereocenters. The van der Waals surface area contributed by atoms with Crippen molar-refractivity contribution >= 4 is 81.3 Å². The molecule has 202 valence electrons. The van der Waals surface area contributed by atoms with E-state index in [0.29, 0.717) is 0 Å². The number of benzene rings is 7. The number of nitrogens with zero attached hydrogens (tertiary/aromatic N) is 1. The van der Waals surface area contributed by atoms with E-state index in [2.05, 4.69) is 150 Å². The zero-order valence-corrected chi connectivity index (χ0v) is 24.0. The van der Waals surface area contributed by atoms with E-state index in [-0.39, 0.29) is 0 Å². The predicted octanol–water partition coefficient (Wildman–Crippen LogP) is 12.2. The minimum Gasteiger partial charge on any atom is -0.456 e. The first-order valence-corrected chi connectivity index (χ1v) is 15.3. The Morgan fingerprint density at radius 3 is 1.98 bits per heavy atom. The van der Waals surface area contributed by atoms with Crippen molar-refractivity contribution in [1.29, 1.82) is 0 Å². The molecule has 2 nitrogen and oxygen atoms in total. The van der Waals surface area contributed by atoms with Crippen LogP contribution in [0.3, 0.4) is 0 Å². The van der Waals surface area contributed by atoms with Gasteiger partial charge >= 0.3 is 0 Å². The second-order valence-corrected chi connectivity index (χ2v) is 12.0. The Kier molecular flexibility index (Phi) is 5.40. The Hall–Kier alpha value is -5.38. The van der Waals surface area contributed by atoms with E-state index in [4.69, 9.17) is 4.42 Å². The zero-order chi connectivity index (χ0) is 28.3. The van der Waals surface area contributed by atoms with Crippen molar-refractivity contribution in [2.24, 2.45) is 0 Å². The minimum absolute atomic E-state index is 0.888. The lowest BCUT2D eigenvalue weighted by molar-refractivity contribution is 0.669. The fourth-order valence-corrected chi connectivity index (χ4v) is 7.66. The molecule has 0 amide bonds. The number of hydrogen-bond donors (Lipinski definition) is 0. The Bertz CT molecular complexity index is 2450. The van der Waals surface area contributed by atoms with Gasteiger partial charge in [0.1, 0.15) is 11.2 Å². The Morgan fingerprint density at radius 1 is 0.465 bits per heavy atom. The van der Waals surface area contributed by atoms with Crippen LogP contribution in [-0.4, -0.2) is 0 Å². The van der Waals surface area contributed by atoms with Crippen LogP contribution >= 0.6 is 11.3 Å². The third kappa shape index (κ3) is 3.86. The lowest BCUT2D eigenvalue weighted by atomic mass is 10.0. The second kappa shape index (κ2) is 9.59. The van der Waals surface area contributed by atoms with Crippen LogP contribution in [0.15, 0.2) is 156 Å². The molecule has 0 radical (unpaired) electrons. The molecule has 0 aliphatic rings. The molecule has 43 heavy (non-hydrogen) atoms. The first-order valence-electron chi connectivity index (χ1n) is 14.5. The lowest BCUT2D eigenvalue weighted by Crippen LogP contribution is -2.10. The minimum atomic E-state index is 0.888. The van der Waals surface area contributed by atoms with E-state index in [0.717, 1.165) is 39.0 Å². The van der Waals surface area contributed by atoms with Crippen molar-refractivity contribution in [2.75, 3.05) is 4.90 Å². The topological polar surface area (TPSA) is 16.4 Å². The van der Waals surface area contributed by atoms with Crippen molar-refractivity contribution < 1.29 is 4.42 Å². The molecule has 0 fully saturated rings. The molecule has 9 aromatic rings. The highest BCUT2D eigenvalue weighted by Gasteiger charge is 2.22. The van der Waals surface area contributed by atoms with Crippen LogP contribution in [0.1, 0.15) is 0 Å². The van der Waals surface area contributed by atoms with Gasteiger partial charge in [0.05, 0.1) is 21.5 Å². The smallest absolute Gasteiger partial charge is 0.137 e. The van der Waals surface area contributed by atoms with Gasteiger partial charge in [0.15, 0.2) is 0 Å². The van der Waals surface area contributed by atoms with Crippen molar-refractivity contribution in [3.8, 4) is 11.1 Å². The van der Waals surface area contributed by atoms with E-state index in [9.17, 15) is 0 Å². The zero-order valence-electron chi connectivity index (χ0n) is 23.2. The second-order valence-electron chi connectivity index (χ2n) is 10.9. The maximum absolute atomic E-state index is 6.35. The summed E-state index contributed by atoms with van der Waals surface area (Å²) in [5.74, 6) is 0. The molecule has 2 heterocycles. The summed E-state index contributed by atoms with van der Waals surface area (Å²) in [4.78, 5) is 2.41. The summed E-state index contributed by atoms with van der Waals surface area (Å²) >= 11 is 1.87. The molecule has 0 aliphatic carbocycles. The standard InChI is InChI=1S/C40H25NOS/c1-2-10-26(11-3-1)27-20-22-30(23-21-27)41(34-16-9-19-37-39(34)32-14-6-7-18-36(32)42-37)35-17-8-15-31-33-24-28-12-4-5-13-29(28)25-38(33)43-40(31)35/h1-25H. The van der Waals surface area contributed by atoms with E-state index < -0.39 is 0 Å². The molecule has 0 spiro atoms. The van der Waals surface area contributed by atoms with Crippen LogP contribution in [-0.2, 0) is 0 Å². The first-order chi connectivity index (χ1) is 21.3. The Labute approximate surface area is 252 Å². The molecule has 0 saturated heterocycles. The largest absolute Gasteiger partial charge is 0.456 e. The fourth-order valence-electron chi connectivity index (χ4n) is 6.43. The number of hydrogen-bond acceptors (Lipinski definition) is 3. The van der Waals surface area contributed by atoms with Gasteiger partial charge in [0.25, 0.3) is 0 Å². The number of thiophene rings is 1. The quantitative estimate of drug-likeness (QED) is 0.210. The van der Waals surface area contributed by atoms with Crippen molar-refractivity contribution in [3.63, 3.8) is 0 Å². The molecular weight excluding hydrogens is 543 g/mol. The molecule has 3 heteroatoms. The lowest BCUT2D eigenvalue weighted by Gasteiger charge is -2.27. The summed E-state index contributed by atoms with van der Waals surface area (Å²) in [5, 5.41) is 7.35. The summed E-state index contributed by atoms with van der Waals surface area (Å²) < 4.78 is 8.91. The van der Waals surface area contributed by atoms with E-state index >= 15 is 0 Å². The highest BCUT2D eigenvalue weighted by Crippen LogP contribution is 2.48. The summed E-state index contributed by atoms with van der Waals surface area (Å²) in [5.41, 5.74) is 7.56. The summed E-state index contributed by atoms with van der Waals surface area (Å²) in [7, 11) is 0. The number of para-hydroxylation sites is 1. The normalized spacial score (nSPS) is 11.7. The van der Waals surface area contributed by atoms with Gasteiger partial charge in [-0.25, -0.2) is 0 Å². The third-order valence-corrected chi connectivity index (χ3v) is 9.63. The van der Waals surface area contributed by atoms with Crippen LogP contribution in [0.4, 0.5) is 17.1 Å². The van der Waals surface area contributed by atoms with Gasteiger partial charge < -0.3 is 9.32 Å². The summed E-state index contributed by atoms with van der Waals surface area (Å²) in [6.07, 6.45) is 0. The van der Waals surface area contributed by atoms with Crippen molar-refractivity contribution in [2.45, 2.75) is 0 Å². The number of fused-ring (bicyclic) bond motifs is 7. The molecule has 2 aromatic heterocycles. The molecular formula is C40H25NOS. The number of furan rings is 1. The number of rotatable bonds is 4. The molecule has 0 saturated carbocycles. The van der Waals surface area contributed by atoms with Gasteiger partial charge in [-0.3, -0.25) is 0 Å². The average Bonchev–Trinajstić information content (AvgIpc) is 3.63. The molecule has 0 unspecified atom stereocenters. The number of anilines is 3. The van der Waals surface area contributed by atoms with E-state index in [1.165, 1.54) is 42.1 Å². The summed E-state index contributed by atoms with van der Waals surface area (Å²) in [6.45, 7) is 0. The first kappa shape index (κ1) is 24.2. The average molecular weight is 568 g/mol. The Balaban J connectivity index is 1.33. The van der Waals surface area contributed by atoms with Crippen molar-refractivity contribution in [1.82, 2.24) is 0 Å². The maximum atomic E-state index is 6.35. The summed E-state index contributed by atoms with van der Waals surface area (Å²) in [6, 6.07) is 54.2. The van der Waals surface area contributed by atoms with E-state index in [1.807, 2.05) is 17.4 Å². The van der Waals surface area contributed by atoms with Gasteiger partial charge in [-0.2, -0.15) is 0 Å². The van der Waals surface area contributed by atoms with E-state index in [1.54, 1.807) is 0 Å². The SMILES string of the molecule is c1ccc(-c2ccc(N(c3cccc4c3sc3cc5ccccc5cc34)c3cccc4oc5ccccc5c34)cc2)cc1. The van der Waals surface area contributed by atoms with Gasteiger partial charge in [0.2, 0.25) is 0 Å². The van der Waals surface area contributed by atoms with Crippen LogP contribution in [0.25, 0.3) is 64.0 Å². The Morgan fingerprint density at radius 2 is 1.12 bits per heavy atom. The van der Waals surface area contributed by atoms with Crippen LogP contribution in [0.5, 0.6) is 0 Å². The van der Waals surface area contributed by atoms with Crippen LogP contribution in [0.2, 0.25) is 0 Å². The maximum Gasteiger partial charge on any atom is 0.137 e. The van der Waals surface area contributed by atoms with Gasteiger partial charge in [-0.1, -0.05) is 103 Å². The molecule has 7 aromatic carbocycles. The highest BCUT2D eigenvalue weighted by atomic mass is 32.1. The van der Waals surface area contributed by atoms with Crippen LogP contribution in [0, 0.1) is 0 Å².